The predicted molar refractivity (Wildman–Crippen MR) is 138 cm³/mol. The van der Waals surface area contributed by atoms with Crippen molar-refractivity contribution in [3.8, 4) is 5.75 Å². The van der Waals surface area contributed by atoms with Crippen LogP contribution in [0.15, 0.2) is 47.4 Å². The van der Waals surface area contributed by atoms with E-state index in [9.17, 15) is 18.4 Å². The summed E-state index contributed by atoms with van der Waals surface area (Å²) in [6.45, 7) is 5.22. The lowest BCUT2D eigenvalue weighted by Crippen LogP contribution is -2.39. The number of primary amides is 1. The molecule has 0 unspecified atom stereocenters. The van der Waals surface area contributed by atoms with Gasteiger partial charge in [-0.2, -0.15) is 5.10 Å². The normalized spacial score (nSPS) is 20.7. The van der Waals surface area contributed by atoms with E-state index in [4.69, 9.17) is 15.2 Å². The summed E-state index contributed by atoms with van der Waals surface area (Å²) in [6, 6.07) is 3.26. The fourth-order valence-corrected chi connectivity index (χ4v) is 4.47. The molecule has 204 valence electrons. The summed E-state index contributed by atoms with van der Waals surface area (Å²) in [5.74, 6) is -3.10. The van der Waals surface area contributed by atoms with Gasteiger partial charge in [0.1, 0.15) is 11.9 Å². The number of fused-ring (bicyclic) bond motifs is 1. The third-order valence-electron chi connectivity index (χ3n) is 6.64. The van der Waals surface area contributed by atoms with Crippen molar-refractivity contribution in [3.05, 3.63) is 53.7 Å². The second-order valence-electron chi connectivity index (χ2n) is 9.94. The lowest BCUT2D eigenvalue weighted by Gasteiger charge is -2.29. The van der Waals surface area contributed by atoms with Crippen LogP contribution in [0.25, 0.3) is 5.52 Å². The number of nitrogens with zero attached hydrogens (tertiary/aromatic N) is 3. The zero-order chi connectivity index (χ0) is 27.4. The maximum Gasteiger partial charge on any atom is 0.278 e. The zero-order valence-corrected chi connectivity index (χ0v) is 21.6. The molecule has 9 nitrogen and oxygen atoms in total. The molecule has 2 amide bonds. The van der Waals surface area contributed by atoms with E-state index in [1.807, 2.05) is 0 Å². The molecule has 2 aromatic heterocycles. The van der Waals surface area contributed by atoms with E-state index in [1.54, 1.807) is 23.6 Å². The fraction of sp³-hybridized carbons (Fsp3) is 0.481. The third-order valence-corrected chi connectivity index (χ3v) is 6.64. The van der Waals surface area contributed by atoms with E-state index < -0.39 is 18.4 Å². The van der Waals surface area contributed by atoms with Crippen molar-refractivity contribution in [1.29, 1.82) is 0 Å². The van der Waals surface area contributed by atoms with Crippen molar-refractivity contribution in [2.24, 2.45) is 10.7 Å². The highest BCUT2D eigenvalue weighted by atomic mass is 19.3. The Bertz CT molecular complexity index is 1270. The van der Waals surface area contributed by atoms with Crippen molar-refractivity contribution in [3.63, 3.8) is 0 Å². The van der Waals surface area contributed by atoms with Gasteiger partial charge < -0.3 is 20.5 Å². The van der Waals surface area contributed by atoms with Gasteiger partial charge in [-0.1, -0.05) is 12.7 Å². The van der Waals surface area contributed by atoms with Gasteiger partial charge in [0, 0.05) is 25.1 Å². The highest BCUT2D eigenvalue weighted by Crippen LogP contribution is 2.44. The number of carbonyl (C=O) groups excluding carboxylic acids is 2. The Labute approximate surface area is 219 Å². The fourth-order valence-electron chi connectivity index (χ4n) is 4.47. The average Bonchev–Trinajstić information content (AvgIpc) is 3.62. The first-order valence-electron chi connectivity index (χ1n) is 12.7. The van der Waals surface area contributed by atoms with Gasteiger partial charge in [0.2, 0.25) is 11.8 Å². The number of allylic oxidation sites excluding steroid dienone is 1. The number of aliphatic imine (C=N–C) groups is 1. The van der Waals surface area contributed by atoms with E-state index in [-0.39, 0.29) is 35.4 Å². The largest absolute Gasteiger partial charge is 0.485 e. The smallest absolute Gasteiger partial charge is 0.278 e. The summed E-state index contributed by atoms with van der Waals surface area (Å²) in [5.41, 5.74) is 7.35. The molecule has 0 radical (unpaired) electrons. The molecular weight excluding hydrogens is 496 g/mol. The first kappa shape index (κ1) is 27.3. The maximum atomic E-state index is 13.4. The number of ether oxygens (including phenoxy) is 2. The monoisotopic (exact) mass is 529 g/mol. The number of aromatic nitrogens is 2. The second-order valence-corrected chi connectivity index (χ2v) is 9.94. The van der Waals surface area contributed by atoms with Crippen LogP contribution in [0.2, 0.25) is 0 Å². The third kappa shape index (κ3) is 6.56. The van der Waals surface area contributed by atoms with Gasteiger partial charge in [0.15, 0.2) is 6.61 Å². The number of nitrogens with two attached hydrogens (primary N) is 1. The number of hydrogen-bond acceptors (Lipinski definition) is 6. The Kier molecular flexibility index (Phi) is 8.13. The van der Waals surface area contributed by atoms with E-state index in [0.717, 1.165) is 25.5 Å². The Morgan fingerprint density at radius 1 is 1.26 bits per heavy atom. The molecule has 0 aromatic carbocycles. The van der Waals surface area contributed by atoms with Crippen LogP contribution in [0.5, 0.6) is 5.75 Å². The van der Waals surface area contributed by atoms with Crippen LogP contribution in [-0.4, -0.2) is 52.3 Å². The van der Waals surface area contributed by atoms with E-state index in [1.165, 1.54) is 18.5 Å². The SMILES string of the molecule is C=CC=N/C(OC1CCC(NC(=O)c2cnn3c(C4CC4)c(OCC(C)(F)F)ccc23)CC1)=C(\C)C(N)=O. The summed E-state index contributed by atoms with van der Waals surface area (Å²) in [7, 11) is 0. The maximum absolute atomic E-state index is 13.4. The molecule has 2 heterocycles. The molecule has 0 saturated heterocycles. The molecule has 38 heavy (non-hydrogen) atoms. The molecule has 3 N–H and O–H groups in total. The summed E-state index contributed by atoms with van der Waals surface area (Å²) < 4.78 is 39.7. The molecule has 0 atom stereocenters. The Balaban J connectivity index is 1.41. The van der Waals surface area contributed by atoms with Crippen LogP contribution < -0.4 is 15.8 Å². The molecule has 0 spiro atoms. The number of nitrogens with one attached hydrogen (secondary N) is 1. The lowest BCUT2D eigenvalue weighted by molar-refractivity contribution is -0.114. The molecular formula is C27H33F2N5O4. The minimum Gasteiger partial charge on any atom is -0.485 e. The van der Waals surface area contributed by atoms with Crippen LogP contribution in [0.1, 0.15) is 74.3 Å². The second kappa shape index (κ2) is 11.3. The van der Waals surface area contributed by atoms with Gasteiger partial charge in [-0.25, -0.2) is 18.3 Å². The lowest BCUT2D eigenvalue weighted by atomic mass is 9.92. The number of hydrogen-bond donors (Lipinski definition) is 2. The van der Waals surface area contributed by atoms with Gasteiger partial charge in [-0.15, -0.1) is 0 Å². The van der Waals surface area contributed by atoms with Gasteiger partial charge >= 0.3 is 0 Å². The van der Waals surface area contributed by atoms with E-state index in [0.29, 0.717) is 42.5 Å². The minimum absolute atomic E-state index is 0.0593. The van der Waals surface area contributed by atoms with Crippen molar-refractivity contribution < 1.29 is 27.8 Å². The molecule has 2 aliphatic carbocycles. The topological polar surface area (TPSA) is 120 Å². The molecule has 0 bridgehead atoms. The van der Waals surface area contributed by atoms with E-state index in [2.05, 4.69) is 22.0 Å². The van der Waals surface area contributed by atoms with Crippen LogP contribution >= 0.6 is 0 Å². The van der Waals surface area contributed by atoms with Crippen molar-refractivity contribution in [1.82, 2.24) is 14.9 Å². The van der Waals surface area contributed by atoms with Crippen molar-refractivity contribution in [2.75, 3.05) is 6.61 Å². The molecule has 4 rings (SSSR count). The number of halogens is 2. The quantitative estimate of drug-likeness (QED) is 0.256. The number of rotatable bonds is 11. The summed E-state index contributed by atoms with van der Waals surface area (Å²) in [5, 5.41) is 7.48. The number of pyridine rings is 1. The first-order valence-corrected chi connectivity index (χ1v) is 12.7. The molecule has 2 aromatic rings. The first-order chi connectivity index (χ1) is 18.1. The van der Waals surface area contributed by atoms with Gasteiger partial charge in [-0.3, -0.25) is 9.59 Å². The summed E-state index contributed by atoms with van der Waals surface area (Å²) in [6.07, 6.45) is 8.77. The van der Waals surface area contributed by atoms with E-state index >= 15 is 0 Å². The van der Waals surface area contributed by atoms with Crippen LogP contribution in [0, 0.1) is 0 Å². The predicted octanol–water partition coefficient (Wildman–Crippen LogP) is 4.28. The van der Waals surface area contributed by atoms with Gasteiger partial charge in [0.25, 0.3) is 11.8 Å². The molecule has 2 saturated carbocycles. The average molecular weight is 530 g/mol. The molecule has 2 aliphatic rings. The molecule has 11 heteroatoms. The number of alkyl halides is 2. The summed E-state index contributed by atoms with van der Waals surface area (Å²) in [4.78, 5) is 28.9. The van der Waals surface area contributed by atoms with Crippen molar-refractivity contribution >= 4 is 23.5 Å². The Morgan fingerprint density at radius 3 is 2.58 bits per heavy atom. The van der Waals surface area contributed by atoms with Crippen LogP contribution in [0.3, 0.4) is 0 Å². The number of amides is 2. The van der Waals surface area contributed by atoms with Crippen LogP contribution in [-0.2, 0) is 9.53 Å². The molecule has 2 fully saturated rings. The molecule has 0 aliphatic heterocycles. The Hall–Kier alpha value is -3.76. The zero-order valence-electron chi connectivity index (χ0n) is 21.6. The highest BCUT2D eigenvalue weighted by Gasteiger charge is 2.33. The van der Waals surface area contributed by atoms with Gasteiger partial charge in [0.05, 0.1) is 28.5 Å². The highest BCUT2D eigenvalue weighted by molar-refractivity contribution is 6.01. The van der Waals surface area contributed by atoms with Gasteiger partial charge in [-0.05, 0) is 57.6 Å². The van der Waals surface area contributed by atoms with Crippen molar-refractivity contribution in [2.45, 2.75) is 76.4 Å². The number of carbonyl (C=O) groups is 2. The summed E-state index contributed by atoms with van der Waals surface area (Å²) >= 11 is 0. The standard InChI is InChI=1S/C27H33F2N5O4/c1-4-13-31-26(16(2)24(30)35)38-19-9-7-18(8-10-19)33-25(36)20-14-32-34-21(20)11-12-22(23(34)17-5-6-17)37-15-27(3,28)29/h4,11-14,17-19H,1,5-10,15H2,2-3H3,(H2,30,35)(H,33,36)/b26-16-,31-13?. The minimum atomic E-state index is -2.95. The van der Waals surface area contributed by atoms with Crippen LogP contribution in [0.4, 0.5) is 8.78 Å². The Morgan fingerprint density at radius 2 is 1.97 bits per heavy atom.